The molecule has 166 valence electrons. The molecule has 4 nitrogen and oxygen atoms in total. The smallest absolute Gasteiger partial charge is 0.256 e. The van der Waals surface area contributed by atoms with Crippen molar-refractivity contribution in [2.24, 2.45) is 0 Å². The number of rotatable bonds is 4. The van der Waals surface area contributed by atoms with Crippen molar-refractivity contribution in [3.05, 3.63) is 98.5 Å². The number of amides is 1. The number of aryl methyl sites for hydroxylation is 1. The summed E-state index contributed by atoms with van der Waals surface area (Å²) in [6.07, 6.45) is -1.27. The van der Waals surface area contributed by atoms with E-state index in [9.17, 15) is 9.90 Å². The van der Waals surface area contributed by atoms with Crippen molar-refractivity contribution in [2.45, 2.75) is 19.1 Å². The Bertz CT molecular complexity index is 1120. The van der Waals surface area contributed by atoms with E-state index >= 15 is 0 Å². The number of carbonyl (C=O) groups excluding carboxylic acids is 1. The van der Waals surface area contributed by atoms with Gasteiger partial charge in [0.25, 0.3) is 5.91 Å². The van der Waals surface area contributed by atoms with Crippen LogP contribution in [0.4, 0.5) is 5.69 Å². The number of hydrogen-bond donors (Lipinski definition) is 1. The summed E-state index contributed by atoms with van der Waals surface area (Å²) in [5.74, 6) is -0.346. The van der Waals surface area contributed by atoms with Crippen molar-refractivity contribution in [3.8, 4) is 0 Å². The van der Waals surface area contributed by atoms with Gasteiger partial charge in [0.2, 0.25) is 0 Å². The maximum Gasteiger partial charge on any atom is 0.256 e. The minimum atomic E-state index is -1.27. The SMILES string of the molecule is Cc1ccc(N2CCN(C(=O)[C@H](O)c3cccc(Cl)c3)C[C@H]2c2ccc(Cl)cc2)c(Cl)c1. The molecule has 3 aromatic rings. The third-order valence-corrected chi connectivity index (χ3v) is 6.55. The van der Waals surface area contributed by atoms with Crippen molar-refractivity contribution in [2.75, 3.05) is 24.5 Å². The lowest BCUT2D eigenvalue weighted by Gasteiger charge is -2.44. The number of nitrogens with zero attached hydrogens (tertiary/aromatic N) is 2. The quantitative estimate of drug-likeness (QED) is 0.483. The van der Waals surface area contributed by atoms with E-state index in [0.29, 0.717) is 40.3 Å². The molecule has 1 saturated heterocycles. The Balaban J connectivity index is 1.64. The number of anilines is 1. The number of halogens is 3. The first kappa shape index (κ1) is 22.9. The lowest BCUT2D eigenvalue weighted by atomic mass is 10.00. The van der Waals surface area contributed by atoms with E-state index < -0.39 is 6.10 Å². The number of piperazine rings is 1. The van der Waals surface area contributed by atoms with Crippen molar-refractivity contribution in [3.63, 3.8) is 0 Å². The highest BCUT2D eigenvalue weighted by Crippen LogP contribution is 2.36. The van der Waals surface area contributed by atoms with Crippen LogP contribution < -0.4 is 4.90 Å². The average Bonchev–Trinajstić information content (AvgIpc) is 2.78. The Morgan fingerprint density at radius 1 is 0.969 bits per heavy atom. The third-order valence-electron chi connectivity index (χ3n) is 5.76. The van der Waals surface area contributed by atoms with Crippen molar-refractivity contribution < 1.29 is 9.90 Å². The lowest BCUT2D eigenvalue weighted by molar-refractivity contribution is -0.141. The van der Waals surface area contributed by atoms with Gasteiger partial charge in [-0.25, -0.2) is 0 Å². The first-order chi connectivity index (χ1) is 15.3. The highest BCUT2D eigenvalue weighted by Gasteiger charge is 2.34. The van der Waals surface area contributed by atoms with Gasteiger partial charge in [-0.05, 0) is 60.0 Å². The predicted octanol–water partition coefficient (Wildman–Crippen LogP) is 6.08. The molecule has 1 aliphatic rings. The van der Waals surface area contributed by atoms with Crippen LogP contribution in [-0.2, 0) is 4.79 Å². The molecule has 4 rings (SSSR count). The molecule has 0 bridgehead atoms. The number of aliphatic hydroxyl groups excluding tert-OH is 1. The topological polar surface area (TPSA) is 43.8 Å². The van der Waals surface area contributed by atoms with E-state index in [1.807, 2.05) is 49.4 Å². The molecule has 0 spiro atoms. The van der Waals surface area contributed by atoms with Gasteiger partial charge in [0.15, 0.2) is 6.10 Å². The third kappa shape index (κ3) is 4.89. The van der Waals surface area contributed by atoms with Gasteiger partial charge in [0, 0.05) is 29.7 Å². The Labute approximate surface area is 202 Å². The van der Waals surface area contributed by atoms with Gasteiger partial charge in [-0.1, -0.05) is 65.1 Å². The number of carbonyl (C=O) groups is 1. The molecule has 1 heterocycles. The molecule has 0 unspecified atom stereocenters. The van der Waals surface area contributed by atoms with Crippen molar-refractivity contribution >= 4 is 46.4 Å². The molecule has 0 radical (unpaired) electrons. The molecule has 3 aromatic carbocycles. The van der Waals surface area contributed by atoms with Crippen LogP contribution in [0.2, 0.25) is 15.1 Å². The molecule has 1 N–H and O–H groups in total. The molecule has 1 aliphatic heterocycles. The van der Waals surface area contributed by atoms with E-state index in [2.05, 4.69) is 4.90 Å². The molecular weight excluding hydrogens is 467 g/mol. The fraction of sp³-hybridized carbons (Fsp3) is 0.240. The van der Waals surface area contributed by atoms with Crippen LogP contribution in [-0.4, -0.2) is 35.5 Å². The molecule has 2 atom stereocenters. The summed E-state index contributed by atoms with van der Waals surface area (Å²) in [6.45, 7) is 3.44. The summed E-state index contributed by atoms with van der Waals surface area (Å²) in [6, 6.07) is 20.2. The Kier molecular flexibility index (Phi) is 6.96. The monoisotopic (exact) mass is 488 g/mol. The van der Waals surface area contributed by atoms with Gasteiger partial charge < -0.3 is 14.9 Å². The van der Waals surface area contributed by atoms with E-state index in [1.165, 1.54) is 0 Å². The fourth-order valence-corrected chi connectivity index (χ4v) is 4.75. The second-order valence-corrected chi connectivity index (χ2v) is 9.24. The van der Waals surface area contributed by atoms with Crippen LogP contribution >= 0.6 is 34.8 Å². The fourth-order valence-electron chi connectivity index (χ4n) is 4.08. The first-order valence-corrected chi connectivity index (χ1v) is 11.5. The minimum Gasteiger partial charge on any atom is -0.378 e. The molecule has 32 heavy (non-hydrogen) atoms. The normalized spacial score (nSPS) is 17.3. The van der Waals surface area contributed by atoms with Gasteiger partial charge in [0.05, 0.1) is 16.8 Å². The molecule has 7 heteroatoms. The summed E-state index contributed by atoms with van der Waals surface area (Å²) >= 11 is 18.7. The molecule has 0 aliphatic carbocycles. The Morgan fingerprint density at radius 2 is 1.72 bits per heavy atom. The van der Waals surface area contributed by atoms with E-state index in [4.69, 9.17) is 34.8 Å². The molecular formula is C25H23Cl3N2O2. The zero-order valence-corrected chi connectivity index (χ0v) is 19.8. The first-order valence-electron chi connectivity index (χ1n) is 10.3. The number of benzene rings is 3. The summed E-state index contributed by atoms with van der Waals surface area (Å²) < 4.78 is 0. The van der Waals surface area contributed by atoms with Crippen LogP contribution in [0.3, 0.4) is 0 Å². The van der Waals surface area contributed by atoms with Gasteiger partial charge in [0.1, 0.15) is 0 Å². The highest BCUT2D eigenvalue weighted by molar-refractivity contribution is 6.33. The standard InChI is InChI=1S/C25H23Cl3N2O2/c1-16-5-10-22(21(28)13-16)30-12-11-29(15-23(30)17-6-8-19(26)9-7-17)25(32)24(31)18-3-2-4-20(27)14-18/h2-10,13-14,23-24,31H,11-12,15H2,1H3/t23-,24+/m0/s1. The van der Waals surface area contributed by atoms with Gasteiger partial charge >= 0.3 is 0 Å². The summed E-state index contributed by atoms with van der Waals surface area (Å²) in [5, 5.41) is 12.5. The van der Waals surface area contributed by atoms with Crippen LogP contribution in [0.1, 0.15) is 28.8 Å². The zero-order chi connectivity index (χ0) is 22.8. The van der Waals surface area contributed by atoms with Crippen LogP contribution in [0.5, 0.6) is 0 Å². The molecule has 1 amide bonds. The van der Waals surface area contributed by atoms with E-state index in [1.54, 1.807) is 29.2 Å². The predicted molar refractivity (Wildman–Crippen MR) is 131 cm³/mol. The Hall–Kier alpha value is -2.24. The maximum absolute atomic E-state index is 13.2. The van der Waals surface area contributed by atoms with E-state index in [-0.39, 0.29) is 11.9 Å². The Morgan fingerprint density at radius 3 is 2.41 bits per heavy atom. The van der Waals surface area contributed by atoms with Crippen LogP contribution in [0.25, 0.3) is 0 Å². The minimum absolute atomic E-state index is 0.142. The summed E-state index contributed by atoms with van der Waals surface area (Å²) in [4.78, 5) is 17.1. The van der Waals surface area contributed by atoms with Crippen molar-refractivity contribution in [1.29, 1.82) is 0 Å². The highest BCUT2D eigenvalue weighted by atomic mass is 35.5. The molecule has 0 saturated carbocycles. The van der Waals surface area contributed by atoms with Crippen LogP contribution in [0, 0.1) is 6.92 Å². The largest absolute Gasteiger partial charge is 0.378 e. The number of aliphatic hydroxyl groups is 1. The van der Waals surface area contributed by atoms with Gasteiger partial charge in [-0.3, -0.25) is 4.79 Å². The summed E-state index contributed by atoms with van der Waals surface area (Å²) in [5.41, 5.74) is 3.50. The summed E-state index contributed by atoms with van der Waals surface area (Å²) in [7, 11) is 0. The maximum atomic E-state index is 13.2. The second-order valence-electron chi connectivity index (χ2n) is 7.96. The molecule has 1 fully saturated rings. The van der Waals surface area contributed by atoms with Gasteiger partial charge in [-0.2, -0.15) is 0 Å². The van der Waals surface area contributed by atoms with Gasteiger partial charge in [-0.15, -0.1) is 0 Å². The van der Waals surface area contributed by atoms with Crippen LogP contribution in [0.15, 0.2) is 66.7 Å². The average molecular weight is 490 g/mol. The lowest BCUT2D eigenvalue weighted by Crippen LogP contribution is -2.51. The number of hydrogen-bond acceptors (Lipinski definition) is 3. The molecule has 0 aromatic heterocycles. The van der Waals surface area contributed by atoms with E-state index in [0.717, 1.165) is 16.8 Å². The van der Waals surface area contributed by atoms with Crippen molar-refractivity contribution in [1.82, 2.24) is 4.90 Å². The zero-order valence-electron chi connectivity index (χ0n) is 17.5. The second kappa shape index (κ2) is 9.72.